The maximum Gasteiger partial charge on any atom is 0.309 e. The number of carboxylic acids is 1. The Balaban J connectivity index is 2.58. The monoisotopic (exact) mass is 258 g/mol. The molecule has 6 nitrogen and oxygen atoms in total. The van der Waals surface area contributed by atoms with E-state index in [1.54, 1.807) is 13.8 Å². The van der Waals surface area contributed by atoms with Crippen molar-refractivity contribution in [2.45, 2.75) is 20.3 Å². The van der Waals surface area contributed by atoms with Gasteiger partial charge in [0.25, 0.3) is 0 Å². The molecule has 0 saturated carbocycles. The minimum Gasteiger partial charge on any atom is -0.481 e. The molecule has 0 aliphatic carbocycles. The van der Waals surface area contributed by atoms with Crippen molar-refractivity contribution in [2.24, 2.45) is 5.41 Å². The quantitative estimate of drug-likeness (QED) is 0.742. The average molecular weight is 259 g/mol. The van der Waals surface area contributed by atoms with E-state index in [2.05, 4.69) is 15.3 Å². The van der Waals surface area contributed by atoms with Crippen molar-refractivity contribution in [3.63, 3.8) is 0 Å². The van der Waals surface area contributed by atoms with Crippen LogP contribution in [-0.4, -0.2) is 27.6 Å². The molecule has 0 saturated heterocycles. The largest absolute Gasteiger partial charge is 0.481 e. The van der Waals surface area contributed by atoms with Crippen LogP contribution in [0.3, 0.4) is 0 Å². The van der Waals surface area contributed by atoms with Gasteiger partial charge in [-0.1, -0.05) is 11.6 Å². The molecule has 0 bridgehead atoms. The maximum absolute atomic E-state index is 10.9. The molecule has 7 heteroatoms. The second-order valence-electron chi connectivity index (χ2n) is 4.29. The lowest BCUT2D eigenvalue weighted by Gasteiger charge is -2.19. The number of nitrogens with zero attached hydrogens (tertiary/aromatic N) is 2. The molecule has 0 aromatic carbocycles. The third-order valence-electron chi connectivity index (χ3n) is 2.44. The zero-order valence-corrected chi connectivity index (χ0v) is 10.5. The van der Waals surface area contributed by atoms with Crippen LogP contribution in [-0.2, 0) is 4.79 Å². The predicted octanol–water partition coefficient (Wildman–Crippen LogP) is 1.62. The molecule has 1 aromatic rings. The van der Waals surface area contributed by atoms with Crippen LogP contribution in [0.2, 0.25) is 5.02 Å². The molecule has 0 fully saturated rings. The normalized spacial score (nSPS) is 11.2. The number of aliphatic carboxylic acids is 1. The van der Waals surface area contributed by atoms with Gasteiger partial charge in [0.05, 0.1) is 5.41 Å². The van der Waals surface area contributed by atoms with Crippen molar-refractivity contribution in [1.29, 1.82) is 0 Å². The van der Waals surface area contributed by atoms with Gasteiger partial charge in [-0.15, -0.1) is 0 Å². The number of halogens is 1. The lowest BCUT2D eigenvalue weighted by molar-refractivity contribution is -0.147. The van der Waals surface area contributed by atoms with E-state index >= 15 is 0 Å². The van der Waals surface area contributed by atoms with Gasteiger partial charge in [0.1, 0.15) is 23.0 Å². The van der Waals surface area contributed by atoms with Crippen molar-refractivity contribution >= 4 is 29.2 Å². The number of nitrogen functional groups attached to an aromatic ring is 1. The Kier molecular flexibility index (Phi) is 4.11. The molecule has 0 spiro atoms. The van der Waals surface area contributed by atoms with Gasteiger partial charge in [-0.2, -0.15) is 0 Å². The first kappa shape index (κ1) is 13.5. The third-order valence-corrected chi connectivity index (χ3v) is 2.81. The lowest BCUT2D eigenvalue weighted by atomic mass is 9.90. The highest BCUT2D eigenvalue weighted by Gasteiger charge is 2.26. The molecule has 4 N–H and O–H groups in total. The van der Waals surface area contributed by atoms with Crippen LogP contribution in [0.25, 0.3) is 0 Å². The Hall–Kier alpha value is -1.56. The standard InChI is InChI=1S/C10H15ClN4O2/c1-10(2,9(16)17)3-4-13-8-6(11)7(12)14-5-15-8/h5H,3-4H2,1-2H3,(H,16,17)(H3,12,13,14,15). The van der Waals surface area contributed by atoms with Gasteiger partial charge in [0, 0.05) is 6.54 Å². The molecule has 0 atom stereocenters. The SMILES string of the molecule is CC(C)(CCNc1ncnc(N)c1Cl)C(=O)O. The van der Waals surface area contributed by atoms with Gasteiger partial charge in [-0.05, 0) is 20.3 Å². The first-order valence-corrected chi connectivity index (χ1v) is 5.45. The van der Waals surface area contributed by atoms with E-state index in [0.29, 0.717) is 18.8 Å². The number of rotatable bonds is 5. The summed E-state index contributed by atoms with van der Waals surface area (Å²) in [6.07, 6.45) is 1.74. The second-order valence-corrected chi connectivity index (χ2v) is 4.67. The van der Waals surface area contributed by atoms with Crippen molar-refractivity contribution in [3.8, 4) is 0 Å². The van der Waals surface area contributed by atoms with Gasteiger partial charge in [-0.3, -0.25) is 4.79 Å². The highest BCUT2D eigenvalue weighted by atomic mass is 35.5. The maximum atomic E-state index is 10.9. The first-order chi connectivity index (χ1) is 7.84. The summed E-state index contributed by atoms with van der Waals surface area (Å²) in [5, 5.41) is 12.1. The predicted molar refractivity (Wildman–Crippen MR) is 66.0 cm³/mol. The highest BCUT2D eigenvalue weighted by molar-refractivity contribution is 6.35. The number of aromatic nitrogens is 2. The first-order valence-electron chi connectivity index (χ1n) is 5.08. The van der Waals surface area contributed by atoms with Crippen LogP contribution >= 0.6 is 11.6 Å². The van der Waals surface area contributed by atoms with Crippen LogP contribution in [0.4, 0.5) is 11.6 Å². The Morgan fingerprint density at radius 3 is 2.82 bits per heavy atom. The van der Waals surface area contributed by atoms with Crippen molar-refractivity contribution in [3.05, 3.63) is 11.3 Å². The third kappa shape index (κ3) is 3.45. The van der Waals surface area contributed by atoms with Crippen LogP contribution in [0, 0.1) is 5.41 Å². The number of carboxylic acid groups (broad SMARTS) is 1. The Morgan fingerprint density at radius 2 is 2.24 bits per heavy atom. The summed E-state index contributed by atoms with van der Waals surface area (Å²) in [6.45, 7) is 3.76. The highest BCUT2D eigenvalue weighted by Crippen LogP contribution is 2.25. The lowest BCUT2D eigenvalue weighted by Crippen LogP contribution is -2.26. The molecular weight excluding hydrogens is 244 g/mol. The summed E-state index contributed by atoms with van der Waals surface area (Å²) < 4.78 is 0. The zero-order chi connectivity index (χ0) is 13.1. The van der Waals surface area contributed by atoms with Gasteiger partial charge in [-0.25, -0.2) is 9.97 Å². The molecule has 0 unspecified atom stereocenters. The molecule has 94 valence electrons. The molecule has 0 aliphatic heterocycles. The van der Waals surface area contributed by atoms with Gasteiger partial charge in [0.2, 0.25) is 0 Å². The van der Waals surface area contributed by atoms with E-state index in [9.17, 15) is 4.79 Å². The summed E-state index contributed by atoms with van der Waals surface area (Å²) in [5.74, 6) is -0.227. The van der Waals surface area contributed by atoms with E-state index in [1.165, 1.54) is 6.33 Å². The van der Waals surface area contributed by atoms with E-state index in [-0.39, 0.29) is 10.8 Å². The summed E-state index contributed by atoms with van der Waals surface area (Å²) in [5.41, 5.74) is 4.72. The molecule has 1 aromatic heterocycles. The van der Waals surface area contributed by atoms with Crippen LogP contribution < -0.4 is 11.1 Å². The average Bonchev–Trinajstić information content (AvgIpc) is 2.24. The Bertz CT molecular complexity index is 423. The van der Waals surface area contributed by atoms with Crippen molar-refractivity contribution < 1.29 is 9.90 Å². The fraction of sp³-hybridized carbons (Fsp3) is 0.500. The van der Waals surface area contributed by atoms with Gasteiger partial charge < -0.3 is 16.2 Å². The van der Waals surface area contributed by atoms with Crippen LogP contribution in [0.1, 0.15) is 20.3 Å². The molecule has 1 heterocycles. The Labute approximate surface area is 104 Å². The minimum absolute atomic E-state index is 0.196. The van der Waals surface area contributed by atoms with Crippen LogP contribution in [0.5, 0.6) is 0 Å². The molecule has 1 rings (SSSR count). The zero-order valence-electron chi connectivity index (χ0n) is 9.70. The molecule has 0 radical (unpaired) electrons. The summed E-state index contributed by atoms with van der Waals surface area (Å²) in [4.78, 5) is 18.5. The van der Waals surface area contributed by atoms with Crippen molar-refractivity contribution in [1.82, 2.24) is 9.97 Å². The van der Waals surface area contributed by atoms with Crippen LogP contribution in [0.15, 0.2) is 6.33 Å². The number of hydrogen-bond acceptors (Lipinski definition) is 5. The van der Waals surface area contributed by atoms with E-state index in [1.807, 2.05) is 0 Å². The number of carbonyl (C=O) groups is 1. The number of nitrogens with two attached hydrogens (primary N) is 1. The second kappa shape index (κ2) is 5.18. The van der Waals surface area contributed by atoms with Crippen molar-refractivity contribution in [2.75, 3.05) is 17.6 Å². The molecule has 17 heavy (non-hydrogen) atoms. The summed E-state index contributed by atoms with van der Waals surface area (Å²) >= 11 is 5.88. The number of hydrogen-bond donors (Lipinski definition) is 3. The molecular formula is C10H15ClN4O2. The summed E-state index contributed by atoms with van der Waals surface area (Å²) in [7, 11) is 0. The summed E-state index contributed by atoms with van der Waals surface area (Å²) in [6, 6.07) is 0. The topological polar surface area (TPSA) is 101 Å². The number of anilines is 2. The fourth-order valence-corrected chi connectivity index (χ4v) is 1.27. The molecule has 0 amide bonds. The Morgan fingerprint density at radius 1 is 1.59 bits per heavy atom. The molecule has 0 aliphatic rings. The number of nitrogens with one attached hydrogen (secondary N) is 1. The van der Waals surface area contributed by atoms with Gasteiger partial charge in [0.15, 0.2) is 0 Å². The minimum atomic E-state index is -0.840. The van der Waals surface area contributed by atoms with E-state index in [0.717, 1.165) is 0 Å². The van der Waals surface area contributed by atoms with Gasteiger partial charge >= 0.3 is 5.97 Å². The van der Waals surface area contributed by atoms with E-state index in [4.69, 9.17) is 22.4 Å². The fourth-order valence-electron chi connectivity index (χ4n) is 1.11. The van der Waals surface area contributed by atoms with E-state index < -0.39 is 11.4 Å². The smallest absolute Gasteiger partial charge is 0.309 e.